The predicted octanol–water partition coefficient (Wildman–Crippen LogP) is 3.16. The highest BCUT2D eigenvalue weighted by atomic mass is 79.9. The van der Waals surface area contributed by atoms with Crippen molar-refractivity contribution in [3.05, 3.63) is 58.3 Å². The lowest BCUT2D eigenvalue weighted by Crippen LogP contribution is -2.40. The number of nitrogens with one attached hydrogen (secondary N) is 1. The summed E-state index contributed by atoms with van der Waals surface area (Å²) in [5, 5.41) is 2.76. The Bertz CT molecular complexity index is 708. The molecule has 2 aromatic carbocycles. The number of fused-ring (bicyclic) bond motifs is 1. The minimum atomic E-state index is -0.399. The highest BCUT2D eigenvalue weighted by Crippen LogP contribution is 2.30. The van der Waals surface area contributed by atoms with Gasteiger partial charge >= 0.3 is 0 Å². The van der Waals surface area contributed by atoms with E-state index in [1.807, 2.05) is 24.3 Å². The fourth-order valence-electron chi connectivity index (χ4n) is 2.14. The molecular formula is C16H13BrFNO3. The average molecular weight is 366 g/mol. The van der Waals surface area contributed by atoms with Crippen LogP contribution < -0.4 is 14.8 Å². The van der Waals surface area contributed by atoms with Gasteiger partial charge in [0.05, 0.1) is 12.1 Å². The van der Waals surface area contributed by atoms with Crippen molar-refractivity contribution in [1.29, 1.82) is 0 Å². The molecule has 6 heteroatoms. The molecule has 0 spiro atoms. The second-order valence-electron chi connectivity index (χ2n) is 4.83. The maximum Gasteiger partial charge on any atom is 0.252 e. The number of rotatable bonds is 3. The van der Waals surface area contributed by atoms with Crippen LogP contribution in [0.3, 0.4) is 0 Å². The number of hydrogen-bond acceptors (Lipinski definition) is 3. The van der Waals surface area contributed by atoms with Crippen LogP contribution in [0.4, 0.5) is 4.39 Å². The van der Waals surface area contributed by atoms with Crippen molar-refractivity contribution in [2.24, 2.45) is 0 Å². The number of carbonyl (C=O) groups excluding carboxylic acids is 1. The van der Waals surface area contributed by atoms with Gasteiger partial charge in [-0.3, -0.25) is 4.79 Å². The van der Waals surface area contributed by atoms with Crippen molar-refractivity contribution in [3.8, 4) is 11.5 Å². The standard InChI is InChI=1S/C16H13BrFNO3/c17-13-7-10(18)5-6-12(13)16(20)19-8-11-9-21-14-3-1-2-4-15(14)22-11/h1-7,11H,8-9H2,(H,19,20)/t11-/m1/s1. The lowest BCUT2D eigenvalue weighted by Gasteiger charge is -2.26. The molecule has 1 heterocycles. The van der Waals surface area contributed by atoms with Gasteiger partial charge in [0.15, 0.2) is 11.5 Å². The van der Waals surface area contributed by atoms with E-state index in [9.17, 15) is 9.18 Å². The topological polar surface area (TPSA) is 47.6 Å². The van der Waals surface area contributed by atoms with Crippen LogP contribution in [-0.2, 0) is 0 Å². The number of carbonyl (C=O) groups is 1. The summed E-state index contributed by atoms with van der Waals surface area (Å²) in [4.78, 5) is 12.1. The molecule has 0 saturated carbocycles. The van der Waals surface area contributed by atoms with Crippen molar-refractivity contribution >= 4 is 21.8 Å². The summed E-state index contributed by atoms with van der Waals surface area (Å²) in [7, 11) is 0. The first-order chi connectivity index (χ1) is 10.6. The van der Waals surface area contributed by atoms with E-state index in [0.717, 1.165) is 0 Å². The van der Waals surface area contributed by atoms with E-state index in [-0.39, 0.29) is 12.0 Å². The molecule has 4 nitrogen and oxygen atoms in total. The molecule has 0 saturated heterocycles. The Morgan fingerprint density at radius 3 is 2.82 bits per heavy atom. The van der Waals surface area contributed by atoms with Crippen LogP contribution in [0.15, 0.2) is 46.9 Å². The van der Waals surface area contributed by atoms with Crippen LogP contribution in [0.5, 0.6) is 11.5 Å². The van der Waals surface area contributed by atoms with Crippen molar-refractivity contribution in [2.45, 2.75) is 6.10 Å². The number of halogens is 2. The van der Waals surface area contributed by atoms with E-state index in [1.54, 1.807) is 0 Å². The zero-order chi connectivity index (χ0) is 15.5. The van der Waals surface area contributed by atoms with Crippen LogP contribution >= 0.6 is 15.9 Å². The summed E-state index contributed by atoms with van der Waals surface area (Å²) in [6.45, 7) is 0.666. The lowest BCUT2D eigenvalue weighted by molar-refractivity contribution is 0.0789. The minimum Gasteiger partial charge on any atom is -0.486 e. The number of hydrogen-bond donors (Lipinski definition) is 1. The van der Waals surface area contributed by atoms with E-state index in [0.29, 0.717) is 34.7 Å². The minimum absolute atomic E-state index is 0.266. The Kier molecular flexibility index (Phi) is 4.29. The van der Waals surface area contributed by atoms with Gasteiger partial charge in [-0.25, -0.2) is 4.39 Å². The molecule has 0 unspecified atom stereocenters. The Hall–Kier alpha value is -2.08. The zero-order valence-corrected chi connectivity index (χ0v) is 13.1. The Morgan fingerprint density at radius 1 is 1.27 bits per heavy atom. The maximum atomic E-state index is 13.0. The summed E-state index contributed by atoms with van der Waals surface area (Å²) in [6.07, 6.45) is -0.266. The molecule has 0 aliphatic carbocycles. The summed E-state index contributed by atoms with van der Waals surface area (Å²) in [5.74, 6) is 0.667. The first-order valence-corrected chi connectivity index (χ1v) is 7.54. The summed E-state index contributed by atoms with van der Waals surface area (Å²) >= 11 is 3.18. The first kappa shape index (κ1) is 14.8. The van der Waals surface area contributed by atoms with Crippen LogP contribution in [0, 0.1) is 5.82 Å². The fraction of sp³-hybridized carbons (Fsp3) is 0.188. The largest absolute Gasteiger partial charge is 0.486 e. The van der Waals surface area contributed by atoms with Crippen LogP contribution in [0.2, 0.25) is 0 Å². The van der Waals surface area contributed by atoms with Gasteiger partial charge in [-0.05, 0) is 46.3 Å². The molecule has 1 aliphatic heterocycles. The van der Waals surface area contributed by atoms with Gasteiger partial charge in [-0.1, -0.05) is 12.1 Å². The molecule has 3 rings (SSSR count). The van der Waals surface area contributed by atoms with Gasteiger partial charge in [0.2, 0.25) is 0 Å². The SMILES string of the molecule is O=C(NC[C@@H]1COc2ccccc2O1)c1ccc(F)cc1Br. The highest BCUT2D eigenvalue weighted by molar-refractivity contribution is 9.10. The molecule has 0 radical (unpaired) electrons. The third-order valence-corrected chi connectivity index (χ3v) is 3.89. The maximum absolute atomic E-state index is 13.0. The quantitative estimate of drug-likeness (QED) is 0.908. The highest BCUT2D eigenvalue weighted by Gasteiger charge is 2.21. The van der Waals surface area contributed by atoms with Crippen LogP contribution in [0.1, 0.15) is 10.4 Å². The van der Waals surface area contributed by atoms with Gasteiger partial charge in [0.25, 0.3) is 5.91 Å². The number of amides is 1. The van der Waals surface area contributed by atoms with E-state index in [1.165, 1.54) is 18.2 Å². The molecular weight excluding hydrogens is 353 g/mol. The second kappa shape index (κ2) is 6.36. The first-order valence-electron chi connectivity index (χ1n) is 6.75. The van der Waals surface area contributed by atoms with Crippen molar-refractivity contribution < 1.29 is 18.7 Å². The average Bonchev–Trinajstić information content (AvgIpc) is 2.52. The third-order valence-electron chi connectivity index (χ3n) is 3.23. The van der Waals surface area contributed by atoms with Gasteiger partial charge in [-0.2, -0.15) is 0 Å². The van der Waals surface area contributed by atoms with Gasteiger partial charge < -0.3 is 14.8 Å². The zero-order valence-electron chi connectivity index (χ0n) is 11.5. The molecule has 114 valence electrons. The summed E-state index contributed by atoms with van der Waals surface area (Å²) in [6, 6.07) is 11.3. The lowest BCUT2D eigenvalue weighted by atomic mass is 10.2. The van der Waals surface area contributed by atoms with Gasteiger partial charge in [0.1, 0.15) is 18.5 Å². The molecule has 1 amide bonds. The molecule has 0 fully saturated rings. The predicted molar refractivity (Wildman–Crippen MR) is 82.8 cm³/mol. The van der Waals surface area contributed by atoms with E-state index in [2.05, 4.69) is 21.2 Å². The third kappa shape index (κ3) is 3.22. The number of para-hydroxylation sites is 2. The van der Waals surface area contributed by atoms with E-state index in [4.69, 9.17) is 9.47 Å². The molecule has 22 heavy (non-hydrogen) atoms. The normalized spacial score (nSPS) is 16.2. The number of ether oxygens (including phenoxy) is 2. The van der Waals surface area contributed by atoms with Gasteiger partial charge in [0, 0.05) is 4.47 Å². The Morgan fingerprint density at radius 2 is 2.05 bits per heavy atom. The van der Waals surface area contributed by atoms with Crippen molar-refractivity contribution in [3.63, 3.8) is 0 Å². The van der Waals surface area contributed by atoms with Crippen molar-refractivity contribution in [1.82, 2.24) is 5.32 Å². The van der Waals surface area contributed by atoms with E-state index < -0.39 is 5.82 Å². The van der Waals surface area contributed by atoms with Crippen LogP contribution in [0.25, 0.3) is 0 Å². The fourth-order valence-corrected chi connectivity index (χ4v) is 2.67. The van der Waals surface area contributed by atoms with Gasteiger partial charge in [-0.15, -0.1) is 0 Å². The second-order valence-corrected chi connectivity index (χ2v) is 5.69. The van der Waals surface area contributed by atoms with Crippen molar-refractivity contribution in [2.75, 3.05) is 13.2 Å². The Balaban J connectivity index is 1.60. The molecule has 1 N–H and O–H groups in total. The number of benzene rings is 2. The summed E-state index contributed by atoms with van der Waals surface area (Å²) < 4.78 is 24.8. The molecule has 0 aromatic heterocycles. The monoisotopic (exact) mass is 365 g/mol. The molecule has 0 bridgehead atoms. The van der Waals surface area contributed by atoms with E-state index >= 15 is 0 Å². The molecule has 1 atom stereocenters. The molecule has 1 aliphatic rings. The summed E-state index contributed by atoms with van der Waals surface area (Å²) in [5.41, 5.74) is 0.374. The Labute approximate surface area is 135 Å². The van der Waals surface area contributed by atoms with Crippen LogP contribution in [-0.4, -0.2) is 25.2 Å². The smallest absolute Gasteiger partial charge is 0.252 e. The molecule has 2 aromatic rings.